The van der Waals surface area contributed by atoms with Gasteiger partial charge in [0.25, 0.3) is 0 Å². The normalized spacial score (nSPS) is 16.6. The number of methoxy groups -OCH3 is 1. The highest BCUT2D eigenvalue weighted by atomic mass is 79.9. The summed E-state index contributed by atoms with van der Waals surface area (Å²) in [5.74, 6) is -2.82. The zero-order valence-corrected chi connectivity index (χ0v) is 19.8. The van der Waals surface area contributed by atoms with E-state index in [1.54, 1.807) is 20.8 Å². The number of pyridine rings is 1. The Balaban J connectivity index is 2.15. The molecule has 0 spiro atoms. The van der Waals surface area contributed by atoms with Crippen LogP contribution in [0.3, 0.4) is 0 Å². The number of aromatic nitrogens is 1. The van der Waals surface area contributed by atoms with Gasteiger partial charge in [0.2, 0.25) is 0 Å². The van der Waals surface area contributed by atoms with E-state index >= 15 is 0 Å². The smallest absolute Gasteiger partial charge is 0.410 e. The first-order valence-electron chi connectivity index (χ1n) is 9.78. The summed E-state index contributed by atoms with van der Waals surface area (Å²) in [6.07, 6.45) is 0.172. The highest BCUT2D eigenvalue weighted by Crippen LogP contribution is 2.40. The maximum absolute atomic E-state index is 14.7. The Kier molecular flexibility index (Phi) is 6.73. The van der Waals surface area contributed by atoms with Crippen molar-refractivity contribution >= 4 is 50.3 Å². The Labute approximate surface area is 195 Å². The summed E-state index contributed by atoms with van der Waals surface area (Å²) in [5, 5.41) is 11.6. The molecule has 1 fully saturated rings. The second kappa shape index (κ2) is 9.04. The van der Waals surface area contributed by atoms with Gasteiger partial charge in [0.15, 0.2) is 5.82 Å². The van der Waals surface area contributed by atoms with Gasteiger partial charge in [-0.25, -0.2) is 23.4 Å². The molecule has 13 heteroatoms. The second-order valence-corrected chi connectivity index (χ2v) is 9.08. The van der Waals surface area contributed by atoms with Crippen molar-refractivity contribution in [2.24, 2.45) is 0 Å². The number of ether oxygens (including phenoxy) is 2. The summed E-state index contributed by atoms with van der Waals surface area (Å²) in [7, 11) is 1.13. The van der Waals surface area contributed by atoms with E-state index in [2.05, 4.69) is 20.9 Å². The van der Waals surface area contributed by atoms with E-state index in [-0.39, 0.29) is 36.2 Å². The van der Waals surface area contributed by atoms with Crippen LogP contribution in [0.1, 0.15) is 20.8 Å². The number of halogens is 3. The molecule has 0 bridgehead atoms. The molecule has 0 radical (unpaired) electrons. The largest absolute Gasteiger partial charge is 0.467 e. The van der Waals surface area contributed by atoms with Gasteiger partial charge in [-0.15, -0.1) is 0 Å². The molecule has 1 aliphatic rings. The number of piperazine rings is 1. The predicted octanol–water partition coefficient (Wildman–Crippen LogP) is 3.78. The van der Waals surface area contributed by atoms with Crippen LogP contribution in [0.2, 0.25) is 0 Å². The molecule has 1 aliphatic heterocycles. The molecule has 0 saturated carbocycles. The van der Waals surface area contributed by atoms with Crippen molar-refractivity contribution < 1.29 is 32.8 Å². The number of amides is 1. The number of benzene rings is 1. The summed E-state index contributed by atoms with van der Waals surface area (Å²) >= 11 is 2.79. The molecular formula is C20H21BrF2N4O6. The zero-order chi connectivity index (χ0) is 24.7. The van der Waals surface area contributed by atoms with E-state index in [1.807, 2.05) is 0 Å². The fraction of sp³-hybridized carbons (Fsp3) is 0.450. The molecule has 2 heterocycles. The molecule has 10 nitrogen and oxygen atoms in total. The van der Waals surface area contributed by atoms with E-state index in [0.717, 1.165) is 19.4 Å². The van der Waals surface area contributed by atoms with Crippen LogP contribution in [-0.4, -0.2) is 65.3 Å². The number of hydrogen-bond acceptors (Lipinski definition) is 8. The fourth-order valence-electron chi connectivity index (χ4n) is 3.53. The Bertz CT molecular complexity index is 1140. The summed E-state index contributed by atoms with van der Waals surface area (Å²) < 4.78 is 38.8. The van der Waals surface area contributed by atoms with Crippen molar-refractivity contribution in [1.82, 2.24) is 9.88 Å². The van der Waals surface area contributed by atoms with Gasteiger partial charge in [0, 0.05) is 18.5 Å². The third-order valence-electron chi connectivity index (χ3n) is 4.94. The van der Waals surface area contributed by atoms with Gasteiger partial charge in [-0.2, -0.15) is 0 Å². The van der Waals surface area contributed by atoms with E-state index in [9.17, 15) is 28.5 Å². The molecule has 1 atom stereocenters. The van der Waals surface area contributed by atoms with Crippen LogP contribution in [0.5, 0.6) is 0 Å². The van der Waals surface area contributed by atoms with Crippen molar-refractivity contribution in [1.29, 1.82) is 0 Å². The minimum atomic E-state index is -1.20. The van der Waals surface area contributed by atoms with E-state index in [1.165, 1.54) is 9.80 Å². The first-order valence-corrected chi connectivity index (χ1v) is 10.6. The first kappa shape index (κ1) is 24.6. The minimum Gasteiger partial charge on any atom is -0.467 e. The first-order chi connectivity index (χ1) is 15.4. The lowest BCUT2D eigenvalue weighted by atomic mass is 10.1. The van der Waals surface area contributed by atoms with Crippen LogP contribution in [-0.2, 0) is 14.3 Å². The van der Waals surface area contributed by atoms with E-state index in [0.29, 0.717) is 0 Å². The summed E-state index contributed by atoms with van der Waals surface area (Å²) in [6, 6.07) is -0.290. The standard InChI is InChI=1S/C20H21BrF2N4O6/c1-20(2,3)33-19(29)25-5-6-26(13(9-25)18(28)32-4)17-10-7-11(22)14(21)15(23)16(10)24-8-12(17)27(30)31/h7-8,13H,5-6,9H2,1-4H3/t13-/m1/s1. The van der Waals surface area contributed by atoms with Gasteiger partial charge in [-0.1, -0.05) is 0 Å². The molecule has 1 aromatic heterocycles. The van der Waals surface area contributed by atoms with Gasteiger partial charge in [-0.3, -0.25) is 10.1 Å². The third-order valence-corrected chi connectivity index (χ3v) is 5.67. The van der Waals surface area contributed by atoms with Crippen molar-refractivity contribution in [3.8, 4) is 0 Å². The SMILES string of the molecule is COC(=O)[C@H]1CN(C(=O)OC(C)(C)C)CCN1c1c([N+](=O)[O-])cnc2c(F)c(Br)c(F)cc12. The number of nitrogens with zero attached hydrogens (tertiary/aromatic N) is 4. The Morgan fingerprint density at radius 2 is 1.97 bits per heavy atom. The number of hydrogen-bond donors (Lipinski definition) is 0. The van der Waals surface area contributed by atoms with Gasteiger partial charge in [0.05, 0.1) is 23.1 Å². The number of fused-ring (bicyclic) bond motifs is 1. The average molecular weight is 531 g/mol. The molecular weight excluding hydrogens is 510 g/mol. The second-order valence-electron chi connectivity index (χ2n) is 8.29. The van der Waals surface area contributed by atoms with Gasteiger partial charge in [-0.05, 0) is 42.8 Å². The lowest BCUT2D eigenvalue weighted by molar-refractivity contribution is -0.384. The van der Waals surface area contributed by atoms with Crippen molar-refractivity contribution in [2.45, 2.75) is 32.4 Å². The van der Waals surface area contributed by atoms with E-state index in [4.69, 9.17) is 9.47 Å². The monoisotopic (exact) mass is 530 g/mol. The molecule has 2 aromatic rings. The van der Waals surface area contributed by atoms with Crippen molar-refractivity contribution in [3.05, 3.63) is 38.5 Å². The number of nitro groups is 1. The third kappa shape index (κ3) is 4.82. The van der Waals surface area contributed by atoms with Crippen molar-refractivity contribution in [2.75, 3.05) is 31.6 Å². The average Bonchev–Trinajstić information content (AvgIpc) is 2.74. The van der Waals surface area contributed by atoms with Crippen LogP contribution >= 0.6 is 15.9 Å². The lowest BCUT2D eigenvalue weighted by Crippen LogP contribution is -2.59. The molecule has 178 valence electrons. The molecule has 0 N–H and O–H groups in total. The summed E-state index contributed by atoms with van der Waals surface area (Å²) in [6.45, 7) is 4.80. The maximum atomic E-state index is 14.7. The molecule has 1 aromatic carbocycles. The van der Waals surface area contributed by atoms with Gasteiger partial charge in [0.1, 0.15) is 34.9 Å². The number of esters is 1. The Morgan fingerprint density at radius 1 is 1.30 bits per heavy atom. The maximum Gasteiger partial charge on any atom is 0.410 e. The molecule has 1 saturated heterocycles. The lowest BCUT2D eigenvalue weighted by Gasteiger charge is -2.41. The summed E-state index contributed by atoms with van der Waals surface area (Å²) in [4.78, 5) is 42.5. The molecule has 1 amide bonds. The topological polar surface area (TPSA) is 115 Å². The van der Waals surface area contributed by atoms with Gasteiger partial charge < -0.3 is 19.3 Å². The fourth-order valence-corrected chi connectivity index (χ4v) is 3.84. The predicted molar refractivity (Wildman–Crippen MR) is 117 cm³/mol. The molecule has 3 rings (SSSR count). The zero-order valence-electron chi connectivity index (χ0n) is 18.2. The molecule has 0 unspecified atom stereocenters. The number of rotatable bonds is 3. The number of carbonyl (C=O) groups is 2. The highest BCUT2D eigenvalue weighted by molar-refractivity contribution is 9.10. The van der Waals surface area contributed by atoms with Crippen LogP contribution in [0.4, 0.5) is 25.0 Å². The van der Waals surface area contributed by atoms with Crippen molar-refractivity contribution in [3.63, 3.8) is 0 Å². The Morgan fingerprint density at radius 3 is 2.55 bits per heavy atom. The van der Waals surface area contributed by atoms with Gasteiger partial charge >= 0.3 is 17.7 Å². The highest BCUT2D eigenvalue weighted by Gasteiger charge is 2.40. The van der Waals surface area contributed by atoms with Crippen LogP contribution < -0.4 is 4.90 Å². The quantitative estimate of drug-likeness (QED) is 0.255. The van der Waals surface area contributed by atoms with Crippen LogP contribution in [0.15, 0.2) is 16.7 Å². The minimum absolute atomic E-state index is 0.0326. The van der Waals surface area contributed by atoms with E-state index < -0.39 is 50.4 Å². The van der Waals surface area contributed by atoms with Crippen LogP contribution in [0.25, 0.3) is 10.9 Å². The molecule has 33 heavy (non-hydrogen) atoms. The Hall–Kier alpha value is -3.09. The van der Waals surface area contributed by atoms with Crippen LogP contribution in [0, 0.1) is 21.7 Å². The number of anilines is 1. The summed E-state index contributed by atoms with van der Waals surface area (Å²) in [5.41, 5.74) is -1.85. The molecule has 0 aliphatic carbocycles. The number of carbonyl (C=O) groups excluding carboxylic acids is 2.